The van der Waals surface area contributed by atoms with E-state index in [2.05, 4.69) is 54.0 Å². The van der Waals surface area contributed by atoms with Crippen LogP contribution in [0.1, 0.15) is 24.0 Å². The van der Waals surface area contributed by atoms with Crippen molar-refractivity contribution >= 4 is 48.8 Å². The van der Waals surface area contributed by atoms with Crippen LogP contribution in [0, 0.1) is 6.92 Å². The van der Waals surface area contributed by atoms with Gasteiger partial charge in [0, 0.05) is 28.1 Å². The number of halogens is 2. The Kier molecular flexibility index (Phi) is 3.51. The molecule has 0 unspecified atom stereocenters. The molecule has 2 aliphatic rings. The summed E-state index contributed by atoms with van der Waals surface area (Å²) in [5.41, 5.74) is 5.04. The largest absolute Gasteiger partial charge is 0.352 e. The van der Waals surface area contributed by atoms with Crippen LogP contribution in [0.3, 0.4) is 0 Å². The summed E-state index contributed by atoms with van der Waals surface area (Å²) < 4.78 is 4.71. The molecular formula is C15H18Br2N4. The number of anilines is 1. The minimum Gasteiger partial charge on any atom is -0.352 e. The third-order valence-corrected chi connectivity index (χ3v) is 7.00. The van der Waals surface area contributed by atoms with E-state index in [0.717, 1.165) is 42.0 Å². The van der Waals surface area contributed by atoms with E-state index in [4.69, 9.17) is 4.98 Å². The molecular weight excluding hydrogens is 396 g/mol. The molecule has 1 aromatic heterocycles. The van der Waals surface area contributed by atoms with Gasteiger partial charge in [0.15, 0.2) is 0 Å². The Morgan fingerprint density at radius 1 is 1.33 bits per heavy atom. The SMILES string of the molecule is Cc1c(Br)c(Br)c2c3c1nc(N[C@H]1CCNC1)n3CCC2. The maximum Gasteiger partial charge on any atom is 0.204 e. The summed E-state index contributed by atoms with van der Waals surface area (Å²) in [7, 11) is 0. The fourth-order valence-corrected chi connectivity index (χ4v) is 4.57. The lowest BCUT2D eigenvalue weighted by Gasteiger charge is -2.20. The zero-order chi connectivity index (χ0) is 14.6. The van der Waals surface area contributed by atoms with E-state index in [1.54, 1.807) is 0 Å². The number of hydrogen-bond acceptors (Lipinski definition) is 3. The van der Waals surface area contributed by atoms with Crippen LogP contribution < -0.4 is 10.6 Å². The van der Waals surface area contributed by atoms with Gasteiger partial charge in [-0.25, -0.2) is 4.98 Å². The smallest absolute Gasteiger partial charge is 0.204 e. The first-order valence-corrected chi connectivity index (χ1v) is 9.09. The molecule has 2 N–H and O–H groups in total. The van der Waals surface area contributed by atoms with Crippen LogP contribution in [-0.4, -0.2) is 28.7 Å². The number of nitrogens with zero attached hydrogens (tertiary/aromatic N) is 2. The van der Waals surface area contributed by atoms with Gasteiger partial charge < -0.3 is 15.2 Å². The molecule has 6 heteroatoms. The molecule has 4 nitrogen and oxygen atoms in total. The maximum absolute atomic E-state index is 4.92. The van der Waals surface area contributed by atoms with Gasteiger partial charge in [0.2, 0.25) is 5.95 Å². The van der Waals surface area contributed by atoms with Crippen LogP contribution in [0.5, 0.6) is 0 Å². The van der Waals surface area contributed by atoms with Crippen LogP contribution in [0.4, 0.5) is 5.95 Å². The van der Waals surface area contributed by atoms with Crippen molar-refractivity contribution in [3.8, 4) is 0 Å². The zero-order valence-electron chi connectivity index (χ0n) is 12.0. The molecule has 21 heavy (non-hydrogen) atoms. The Bertz CT molecular complexity index is 717. The fourth-order valence-electron chi connectivity index (χ4n) is 3.46. The number of rotatable bonds is 2. The average molecular weight is 414 g/mol. The predicted octanol–water partition coefficient (Wildman–Crippen LogP) is 3.59. The maximum atomic E-state index is 4.92. The van der Waals surface area contributed by atoms with Crippen LogP contribution in [-0.2, 0) is 13.0 Å². The Labute approximate surface area is 140 Å². The van der Waals surface area contributed by atoms with E-state index >= 15 is 0 Å². The van der Waals surface area contributed by atoms with Crippen molar-refractivity contribution in [1.82, 2.24) is 14.9 Å². The van der Waals surface area contributed by atoms with Crippen LogP contribution in [0.2, 0.25) is 0 Å². The number of aromatic nitrogens is 2. The van der Waals surface area contributed by atoms with Gasteiger partial charge in [0.05, 0.1) is 11.0 Å². The summed E-state index contributed by atoms with van der Waals surface area (Å²) in [6.45, 7) is 5.32. The molecule has 0 aliphatic carbocycles. The third kappa shape index (κ3) is 2.14. The molecule has 112 valence electrons. The predicted molar refractivity (Wildman–Crippen MR) is 93.1 cm³/mol. The Hall–Kier alpha value is -0.590. The summed E-state index contributed by atoms with van der Waals surface area (Å²) in [5.74, 6) is 1.03. The van der Waals surface area contributed by atoms with Gasteiger partial charge in [0.25, 0.3) is 0 Å². The monoisotopic (exact) mass is 412 g/mol. The van der Waals surface area contributed by atoms with E-state index in [0.29, 0.717) is 6.04 Å². The Balaban J connectivity index is 1.90. The molecule has 3 heterocycles. The first-order chi connectivity index (χ1) is 10.2. The Morgan fingerprint density at radius 2 is 2.19 bits per heavy atom. The van der Waals surface area contributed by atoms with Crippen molar-refractivity contribution in [2.24, 2.45) is 0 Å². The van der Waals surface area contributed by atoms with E-state index in [-0.39, 0.29) is 0 Å². The Morgan fingerprint density at radius 3 is 2.95 bits per heavy atom. The van der Waals surface area contributed by atoms with E-state index in [1.165, 1.54) is 34.0 Å². The number of imidazole rings is 1. The van der Waals surface area contributed by atoms with E-state index in [1.807, 2.05) is 0 Å². The second kappa shape index (κ2) is 5.25. The summed E-state index contributed by atoms with van der Waals surface area (Å²) in [6.07, 6.45) is 3.46. The van der Waals surface area contributed by atoms with Gasteiger partial charge in [-0.3, -0.25) is 0 Å². The highest BCUT2D eigenvalue weighted by Gasteiger charge is 2.25. The molecule has 1 saturated heterocycles. The number of benzene rings is 1. The van der Waals surface area contributed by atoms with Gasteiger partial charge >= 0.3 is 0 Å². The van der Waals surface area contributed by atoms with Crippen LogP contribution in [0.15, 0.2) is 8.95 Å². The van der Waals surface area contributed by atoms with Crippen molar-refractivity contribution in [1.29, 1.82) is 0 Å². The quantitative estimate of drug-likeness (QED) is 0.790. The molecule has 0 spiro atoms. The number of hydrogen-bond donors (Lipinski definition) is 2. The first-order valence-electron chi connectivity index (χ1n) is 7.50. The molecule has 2 aromatic rings. The molecule has 0 amide bonds. The molecule has 0 saturated carbocycles. The third-order valence-electron chi connectivity index (χ3n) is 4.60. The lowest BCUT2D eigenvalue weighted by atomic mass is 10.0. The van der Waals surface area contributed by atoms with Crippen molar-refractivity contribution in [2.75, 3.05) is 18.4 Å². The highest BCUT2D eigenvalue weighted by Crippen LogP contribution is 2.41. The topological polar surface area (TPSA) is 41.9 Å². The minimum atomic E-state index is 0.496. The lowest BCUT2D eigenvalue weighted by Crippen LogP contribution is -2.24. The number of nitrogens with one attached hydrogen (secondary N) is 2. The average Bonchev–Trinajstić information content (AvgIpc) is 3.12. The minimum absolute atomic E-state index is 0.496. The highest BCUT2D eigenvalue weighted by atomic mass is 79.9. The molecule has 1 aromatic carbocycles. The second-order valence-electron chi connectivity index (χ2n) is 5.95. The van der Waals surface area contributed by atoms with Crippen molar-refractivity contribution in [2.45, 2.75) is 38.8 Å². The van der Waals surface area contributed by atoms with Gasteiger partial charge in [-0.1, -0.05) is 0 Å². The summed E-state index contributed by atoms with van der Waals surface area (Å²) >= 11 is 7.47. The van der Waals surface area contributed by atoms with Gasteiger partial charge in [-0.05, 0) is 75.7 Å². The molecule has 1 fully saturated rings. The fraction of sp³-hybridized carbons (Fsp3) is 0.533. The summed E-state index contributed by atoms with van der Waals surface area (Å²) in [4.78, 5) is 4.92. The normalized spacial score (nSPS) is 21.2. The number of aryl methyl sites for hydroxylation is 3. The van der Waals surface area contributed by atoms with Gasteiger partial charge in [-0.15, -0.1) is 0 Å². The molecule has 2 aliphatic heterocycles. The van der Waals surface area contributed by atoms with Crippen molar-refractivity contribution < 1.29 is 0 Å². The van der Waals surface area contributed by atoms with E-state index in [9.17, 15) is 0 Å². The molecule has 0 bridgehead atoms. The molecule has 0 radical (unpaired) electrons. The summed E-state index contributed by atoms with van der Waals surface area (Å²) in [5, 5.41) is 7.04. The van der Waals surface area contributed by atoms with Crippen LogP contribution >= 0.6 is 31.9 Å². The van der Waals surface area contributed by atoms with Gasteiger partial charge in [0.1, 0.15) is 0 Å². The summed E-state index contributed by atoms with van der Waals surface area (Å²) in [6, 6.07) is 0.496. The standard InChI is InChI=1S/C15H18Br2N4/c1-8-11(16)12(17)10-3-2-6-21-14(10)13(8)20-15(21)19-9-4-5-18-7-9/h9,18H,2-7H2,1H3,(H,19,20)/t9-/m0/s1. The van der Waals surface area contributed by atoms with Crippen molar-refractivity contribution in [3.05, 3.63) is 20.1 Å². The zero-order valence-corrected chi connectivity index (χ0v) is 15.1. The molecule has 4 rings (SSSR count). The first kappa shape index (κ1) is 14.0. The lowest BCUT2D eigenvalue weighted by molar-refractivity contribution is 0.627. The molecule has 1 atom stereocenters. The van der Waals surface area contributed by atoms with E-state index < -0.39 is 0 Å². The van der Waals surface area contributed by atoms with Gasteiger partial charge in [-0.2, -0.15) is 0 Å². The van der Waals surface area contributed by atoms with Crippen molar-refractivity contribution in [3.63, 3.8) is 0 Å². The van der Waals surface area contributed by atoms with Crippen LogP contribution in [0.25, 0.3) is 11.0 Å². The highest BCUT2D eigenvalue weighted by molar-refractivity contribution is 9.13. The second-order valence-corrected chi connectivity index (χ2v) is 7.54.